The molecule has 12 aliphatic heterocycles. The molecule has 19 heteroatoms. The highest BCUT2D eigenvalue weighted by atomic mass is 16.8. The molecule has 12 saturated heterocycles. The number of fused-ring (bicyclic) bond motifs is 10. The number of ether oxygens (including phenoxy) is 15. The van der Waals surface area contributed by atoms with E-state index in [-0.39, 0.29) is 135 Å². The Labute approximate surface area is 478 Å². The highest BCUT2D eigenvalue weighted by Gasteiger charge is 2.61. The number of aliphatic hydroxyl groups excluding tert-OH is 1. The lowest BCUT2D eigenvalue weighted by Crippen LogP contribution is -2.64. The van der Waals surface area contributed by atoms with Crippen LogP contribution in [0.4, 0.5) is 4.79 Å². The second-order valence-corrected chi connectivity index (χ2v) is 26.1. The summed E-state index contributed by atoms with van der Waals surface area (Å²) in [6, 6.07) is 0. The molecule has 1 spiro atoms. The smallest absolute Gasteiger partial charge is 0.407 e. The molecular formula is C62H93NO18. The van der Waals surface area contributed by atoms with Gasteiger partial charge in [0.15, 0.2) is 11.6 Å². The summed E-state index contributed by atoms with van der Waals surface area (Å²) in [4.78, 5) is 25.8. The van der Waals surface area contributed by atoms with Crippen molar-refractivity contribution in [3.05, 3.63) is 37.0 Å². The van der Waals surface area contributed by atoms with Crippen molar-refractivity contribution in [2.24, 2.45) is 11.8 Å². The molecule has 26 atom stereocenters. The fourth-order valence-corrected chi connectivity index (χ4v) is 16.2. The number of hydrogen-bond donors (Lipinski definition) is 2. The van der Waals surface area contributed by atoms with Crippen LogP contribution in [0.15, 0.2) is 37.0 Å². The van der Waals surface area contributed by atoms with Crippen LogP contribution in [0.25, 0.3) is 0 Å². The van der Waals surface area contributed by atoms with E-state index in [4.69, 9.17) is 71.1 Å². The predicted molar refractivity (Wildman–Crippen MR) is 291 cm³/mol. The molecule has 12 aliphatic rings. The van der Waals surface area contributed by atoms with Crippen LogP contribution in [0.2, 0.25) is 0 Å². The standard InChI is InChI=1S/C62H93NO18/c1-8-22-68-60(66)63-31-40-12-15-47-55(75-40)35(5)30-62(79-47)20-17-43(64)49(80-62)25-41-26-52-53(72-41)29-50-51(76-52)27-42(32-69-50)73-54(65)28-38-11-14-46-56(74-38)59-58(67-7)57(77-46)48-18-21-61(78-48,81-59)19-16-39-24-34(4)45(71-39)13-10-37-23-33(3)36(6)44(9-2)70-37/h8,33,35,37-53,55-59,64H,1,4,6,9-32H2,2-3,5,7H3,(H,63,66)/t33-,35+,37+,38-,39+,40+,41+,42-,43+,44-,45+,46+,47+,48+,49+,50+,51?,52?,53-,55+,56+,57?,58?,59+,61+,62+/m1/s1. The van der Waals surface area contributed by atoms with Crippen molar-refractivity contribution < 1.29 is 85.7 Å². The van der Waals surface area contributed by atoms with Gasteiger partial charge in [-0.05, 0) is 100 Å². The van der Waals surface area contributed by atoms with Gasteiger partial charge in [0.1, 0.15) is 37.1 Å². The largest absolute Gasteiger partial charge is 0.460 e. The zero-order valence-electron chi connectivity index (χ0n) is 48.4. The van der Waals surface area contributed by atoms with Crippen molar-refractivity contribution in [2.45, 2.75) is 301 Å². The first-order valence-corrected chi connectivity index (χ1v) is 31.3. The summed E-state index contributed by atoms with van der Waals surface area (Å²) in [6.07, 6.45) is 11.1. The first kappa shape index (κ1) is 58.8. The van der Waals surface area contributed by atoms with Crippen molar-refractivity contribution in [2.75, 3.05) is 26.9 Å². The molecule has 0 radical (unpaired) electrons. The Bertz CT molecular complexity index is 2240. The number of rotatable bonds is 17. The van der Waals surface area contributed by atoms with E-state index in [2.05, 4.69) is 45.8 Å². The van der Waals surface area contributed by atoms with Gasteiger partial charge in [-0.2, -0.15) is 0 Å². The Morgan fingerprint density at radius 1 is 0.716 bits per heavy atom. The number of alkyl carbamates (subject to hydrolysis) is 1. The number of nitrogens with one attached hydrogen (secondary N) is 1. The third kappa shape index (κ3) is 12.8. The summed E-state index contributed by atoms with van der Waals surface area (Å²) in [7, 11) is 1.70. The minimum Gasteiger partial charge on any atom is -0.460 e. The Morgan fingerprint density at radius 2 is 1.51 bits per heavy atom. The summed E-state index contributed by atoms with van der Waals surface area (Å²) in [5, 5.41) is 14.1. The number of carbonyl (C=O) groups is 2. The van der Waals surface area contributed by atoms with Gasteiger partial charge in [-0.25, -0.2) is 4.79 Å². The molecule has 2 N–H and O–H groups in total. The summed E-state index contributed by atoms with van der Waals surface area (Å²) >= 11 is 0. The maximum absolute atomic E-state index is 13.8. The molecule has 81 heavy (non-hydrogen) atoms. The van der Waals surface area contributed by atoms with Crippen molar-refractivity contribution in [1.82, 2.24) is 5.32 Å². The zero-order chi connectivity index (χ0) is 56.2. The molecule has 12 rings (SSSR count). The van der Waals surface area contributed by atoms with E-state index in [1.54, 1.807) is 7.11 Å². The van der Waals surface area contributed by atoms with Crippen LogP contribution in [-0.4, -0.2) is 190 Å². The minimum atomic E-state index is -0.820. The van der Waals surface area contributed by atoms with E-state index in [0.717, 1.165) is 76.2 Å². The number of esters is 1. The number of methoxy groups -OCH3 is 1. The van der Waals surface area contributed by atoms with Gasteiger partial charge in [0, 0.05) is 65.0 Å². The fraction of sp³-hybridized carbons (Fsp3) is 0.871. The summed E-state index contributed by atoms with van der Waals surface area (Å²) in [5.41, 5.74) is 2.37. The zero-order valence-corrected chi connectivity index (χ0v) is 48.4. The Balaban J connectivity index is 0.590. The van der Waals surface area contributed by atoms with Gasteiger partial charge in [0.2, 0.25) is 0 Å². The van der Waals surface area contributed by atoms with Gasteiger partial charge in [-0.1, -0.05) is 46.6 Å². The summed E-state index contributed by atoms with van der Waals surface area (Å²) in [6.45, 7) is 19.7. The highest BCUT2D eigenvalue weighted by molar-refractivity contribution is 5.70. The second kappa shape index (κ2) is 25.0. The normalized spacial score (nSPS) is 48.3. The Morgan fingerprint density at radius 3 is 2.35 bits per heavy atom. The molecule has 0 aromatic carbocycles. The van der Waals surface area contributed by atoms with Crippen molar-refractivity contribution in [3.63, 3.8) is 0 Å². The van der Waals surface area contributed by atoms with Crippen LogP contribution < -0.4 is 5.32 Å². The van der Waals surface area contributed by atoms with Crippen LogP contribution in [-0.2, 0) is 75.8 Å². The number of amides is 1. The maximum Gasteiger partial charge on any atom is 0.407 e. The average Bonchev–Trinajstić information content (AvgIpc) is 4.38. The first-order chi connectivity index (χ1) is 39.1. The quantitative estimate of drug-likeness (QED) is 0.107. The third-order valence-electron chi connectivity index (χ3n) is 20.4. The lowest BCUT2D eigenvalue weighted by Gasteiger charge is -2.53. The molecule has 0 aromatic rings. The molecule has 0 aliphatic carbocycles. The second-order valence-electron chi connectivity index (χ2n) is 26.1. The van der Waals surface area contributed by atoms with E-state index < -0.39 is 48.2 Å². The first-order valence-electron chi connectivity index (χ1n) is 31.3. The molecule has 454 valence electrons. The molecule has 19 nitrogen and oxygen atoms in total. The monoisotopic (exact) mass is 1140 g/mol. The number of carbonyl (C=O) groups excluding carboxylic acids is 2. The molecule has 4 bridgehead atoms. The average molecular weight is 1140 g/mol. The van der Waals surface area contributed by atoms with Crippen LogP contribution in [0.3, 0.4) is 0 Å². The van der Waals surface area contributed by atoms with Gasteiger partial charge >= 0.3 is 12.1 Å². The van der Waals surface area contributed by atoms with Gasteiger partial charge in [-0.3, -0.25) is 4.79 Å². The molecule has 0 aromatic heterocycles. The Hall–Kier alpha value is -2.60. The Kier molecular flexibility index (Phi) is 18.1. The molecule has 1 amide bonds. The molecule has 12 fully saturated rings. The topological polar surface area (TPSA) is 205 Å². The number of hydrogen-bond acceptors (Lipinski definition) is 18. The SMILES string of the molecule is C=CCOC(=O)NC[C@@H]1CC[C@@H]2O[C@]3(CC[C@H](O)[C@H](C[C@H]4CC5OC6C[C@@H](OC(=O)C[C@H]7CC[C@@H]8OC9C(OC)[C@@H](O[C@@]%10(CC[C@H]%11CC(=C)[C@H](CC[C@H]%12C[C@@H](C)C(=C)[C@@H](CC)O%12)O%11)CC[C@@H]9O%10)[C@H]8O7)CO[C@H]6C[C@H]5O4)O3)C[C@H](C)[C@@H]2O1. The third-order valence-corrected chi connectivity index (χ3v) is 20.4. The van der Waals surface area contributed by atoms with Crippen molar-refractivity contribution in [1.29, 1.82) is 0 Å². The lowest BCUT2D eigenvalue weighted by molar-refractivity contribution is -0.364. The molecule has 12 heterocycles. The van der Waals surface area contributed by atoms with E-state index in [9.17, 15) is 14.7 Å². The van der Waals surface area contributed by atoms with Gasteiger partial charge in [0.05, 0.1) is 117 Å². The van der Waals surface area contributed by atoms with Gasteiger partial charge < -0.3 is 81.5 Å². The number of aliphatic hydroxyl groups is 1. The van der Waals surface area contributed by atoms with Crippen molar-refractivity contribution >= 4 is 12.1 Å². The summed E-state index contributed by atoms with van der Waals surface area (Å²) < 4.78 is 97.8. The van der Waals surface area contributed by atoms with Crippen LogP contribution in [0.1, 0.15) is 156 Å². The lowest BCUT2D eigenvalue weighted by atomic mass is 9.81. The summed E-state index contributed by atoms with van der Waals surface area (Å²) in [5.74, 6) is -1.36. The molecule has 0 saturated carbocycles. The van der Waals surface area contributed by atoms with Crippen molar-refractivity contribution in [3.8, 4) is 0 Å². The van der Waals surface area contributed by atoms with Crippen LogP contribution in [0, 0.1) is 11.8 Å². The van der Waals surface area contributed by atoms with Crippen LogP contribution >= 0.6 is 0 Å². The maximum atomic E-state index is 13.8. The highest BCUT2D eigenvalue weighted by Crippen LogP contribution is 2.51. The predicted octanol–water partition coefficient (Wildman–Crippen LogP) is 7.54. The molecule has 4 unspecified atom stereocenters. The minimum absolute atomic E-state index is 0.0147. The fourth-order valence-electron chi connectivity index (χ4n) is 16.2. The van der Waals surface area contributed by atoms with Crippen LogP contribution in [0.5, 0.6) is 0 Å². The van der Waals surface area contributed by atoms with Gasteiger partial charge in [-0.15, -0.1) is 0 Å². The van der Waals surface area contributed by atoms with E-state index in [1.165, 1.54) is 11.6 Å². The van der Waals surface area contributed by atoms with Gasteiger partial charge in [0.25, 0.3) is 0 Å². The molecular weight excluding hydrogens is 1050 g/mol. The van der Waals surface area contributed by atoms with E-state index in [1.807, 2.05) is 0 Å². The van der Waals surface area contributed by atoms with E-state index >= 15 is 0 Å². The van der Waals surface area contributed by atoms with E-state index in [0.29, 0.717) is 70.3 Å².